The Morgan fingerprint density at radius 1 is 0.966 bits per heavy atom. The molecule has 0 radical (unpaired) electrons. The van der Waals surface area contributed by atoms with Crippen molar-refractivity contribution in [1.82, 2.24) is 4.90 Å². The Bertz CT molecular complexity index is 925. The van der Waals surface area contributed by atoms with E-state index in [-0.39, 0.29) is 11.8 Å². The van der Waals surface area contributed by atoms with E-state index in [1.54, 1.807) is 36.4 Å². The first-order chi connectivity index (χ1) is 14.1. The number of likely N-dealkylation sites (tertiary alicyclic amines) is 1. The number of rotatable bonds is 3. The third-order valence-electron chi connectivity index (χ3n) is 5.11. The fraction of sp³-hybridized carbons (Fsp3) is 0.364. The quantitative estimate of drug-likeness (QED) is 0.809. The molecule has 2 amide bonds. The number of benzene rings is 2. The van der Waals surface area contributed by atoms with Gasteiger partial charge >= 0.3 is 0 Å². The molecule has 152 valence electrons. The van der Waals surface area contributed by atoms with E-state index in [1.165, 1.54) is 0 Å². The summed E-state index contributed by atoms with van der Waals surface area (Å²) in [6, 6.07) is 10.3. The average molecular weight is 415 g/mol. The van der Waals surface area contributed by atoms with Gasteiger partial charge in [-0.1, -0.05) is 23.7 Å². The van der Waals surface area contributed by atoms with E-state index in [4.69, 9.17) is 21.1 Å². The molecule has 29 heavy (non-hydrogen) atoms. The maximum atomic E-state index is 12.9. The summed E-state index contributed by atoms with van der Waals surface area (Å²) in [5.41, 5.74) is 1.32. The summed E-state index contributed by atoms with van der Waals surface area (Å²) < 4.78 is 11.3. The zero-order valence-electron chi connectivity index (χ0n) is 16.1. The molecule has 0 saturated carbocycles. The Labute approximate surface area is 174 Å². The number of hydrogen-bond donors (Lipinski definition) is 1. The van der Waals surface area contributed by atoms with Crippen LogP contribution in [0.3, 0.4) is 0 Å². The standard InChI is InChI=1S/C22H23ClN2O4/c23-17-13-15(14-19-20(17)29-12-6-11-28-19)21(26)24-18-8-3-2-7-16(18)22(27)25-9-4-1-5-10-25/h2-3,7-8,13-14H,1,4-6,9-12H2,(H,24,26). The third-order valence-corrected chi connectivity index (χ3v) is 5.39. The predicted molar refractivity (Wildman–Crippen MR) is 111 cm³/mol. The Morgan fingerprint density at radius 2 is 1.72 bits per heavy atom. The number of amides is 2. The molecule has 7 heteroatoms. The normalized spacial score (nSPS) is 16.1. The Kier molecular flexibility index (Phi) is 5.90. The van der Waals surface area contributed by atoms with Gasteiger partial charge < -0.3 is 19.7 Å². The highest BCUT2D eigenvalue weighted by Gasteiger charge is 2.23. The second-order valence-corrected chi connectivity index (χ2v) is 7.60. The molecule has 0 unspecified atom stereocenters. The Morgan fingerprint density at radius 3 is 2.55 bits per heavy atom. The van der Waals surface area contributed by atoms with E-state index < -0.39 is 0 Å². The zero-order valence-corrected chi connectivity index (χ0v) is 16.8. The van der Waals surface area contributed by atoms with Crippen LogP contribution in [-0.2, 0) is 0 Å². The number of nitrogens with zero attached hydrogens (tertiary/aromatic N) is 1. The summed E-state index contributed by atoms with van der Waals surface area (Å²) in [6.45, 7) is 2.52. The van der Waals surface area contributed by atoms with Crippen molar-refractivity contribution in [2.75, 3.05) is 31.6 Å². The lowest BCUT2D eigenvalue weighted by Crippen LogP contribution is -2.36. The van der Waals surface area contributed by atoms with Gasteiger partial charge in [0.1, 0.15) is 0 Å². The number of nitrogens with one attached hydrogen (secondary N) is 1. The van der Waals surface area contributed by atoms with Gasteiger partial charge in [0.25, 0.3) is 11.8 Å². The highest BCUT2D eigenvalue weighted by Crippen LogP contribution is 2.38. The molecular formula is C22H23ClN2O4. The smallest absolute Gasteiger partial charge is 0.255 e. The second kappa shape index (κ2) is 8.74. The summed E-state index contributed by atoms with van der Waals surface area (Å²) in [7, 11) is 0. The molecule has 0 aromatic heterocycles. The van der Waals surface area contributed by atoms with Crippen molar-refractivity contribution in [2.24, 2.45) is 0 Å². The average Bonchev–Trinajstić information content (AvgIpc) is 3.00. The minimum absolute atomic E-state index is 0.0581. The van der Waals surface area contributed by atoms with Crippen LogP contribution in [0.4, 0.5) is 5.69 Å². The molecule has 1 saturated heterocycles. The number of para-hydroxylation sites is 1. The van der Waals surface area contributed by atoms with E-state index in [2.05, 4.69) is 5.32 Å². The van der Waals surface area contributed by atoms with Crippen LogP contribution in [0.1, 0.15) is 46.4 Å². The summed E-state index contributed by atoms with van der Waals surface area (Å²) in [4.78, 5) is 27.7. The van der Waals surface area contributed by atoms with Crippen molar-refractivity contribution in [3.8, 4) is 11.5 Å². The molecule has 2 heterocycles. The summed E-state index contributed by atoms with van der Waals surface area (Å²) >= 11 is 6.30. The van der Waals surface area contributed by atoms with Crippen LogP contribution in [-0.4, -0.2) is 43.0 Å². The SMILES string of the molecule is O=C(Nc1ccccc1C(=O)N1CCCCC1)c1cc(Cl)c2c(c1)OCCCO2. The van der Waals surface area contributed by atoms with Crippen LogP contribution in [0.2, 0.25) is 5.02 Å². The molecule has 2 aliphatic heterocycles. The van der Waals surface area contributed by atoms with E-state index in [0.29, 0.717) is 46.5 Å². The first-order valence-electron chi connectivity index (χ1n) is 9.92. The summed E-state index contributed by atoms with van der Waals surface area (Å²) in [5, 5.41) is 3.18. The number of piperidine rings is 1. The molecular weight excluding hydrogens is 392 g/mol. The lowest BCUT2D eigenvalue weighted by atomic mass is 10.1. The maximum Gasteiger partial charge on any atom is 0.255 e. The van der Waals surface area contributed by atoms with Crippen molar-refractivity contribution in [3.05, 3.63) is 52.5 Å². The van der Waals surface area contributed by atoms with Gasteiger partial charge in [-0.05, 0) is 43.5 Å². The third kappa shape index (κ3) is 4.32. The fourth-order valence-electron chi connectivity index (χ4n) is 3.60. The number of halogens is 1. The van der Waals surface area contributed by atoms with E-state index in [0.717, 1.165) is 38.8 Å². The van der Waals surface area contributed by atoms with E-state index in [1.807, 2.05) is 4.90 Å². The summed E-state index contributed by atoms with van der Waals surface area (Å²) in [5.74, 6) is 0.498. The molecule has 0 aliphatic carbocycles. The molecule has 1 fully saturated rings. The lowest BCUT2D eigenvalue weighted by Gasteiger charge is -2.27. The number of hydrogen-bond acceptors (Lipinski definition) is 4. The van der Waals surface area contributed by atoms with Gasteiger partial charge in [-0.3, -0.25) is 9.59 Å². The van der Waals surface area contributed by atoms with Crippen LogP contribution < -0.4 is 14.8 Å². The van der Waals surface area contributed by atoms with E-state index >= 15 is 0 Å². The van der Waals surface area contributed by atoms with Gasteiger partial charge in [0, 0.05) is 25.1 Å². The van der Waals surface area contributed by atoms with Crippen molar-refractivity contribution >= 4 is 29.1 Å². The molecule has 6 nitrogen and oxygen atoms in total. The van der Waals surface area contributed by atoms with Gasteiger partial charge in [-0.25, -0.2) is 0 Å². The molecule has 4 rings (SSSR count). The largest absolute Gasteiger partial charge is 0.489 e. The Balaban J connectivity index is 1.57. The number of carbonyl (C=O) groups is 2. The van der Waals surface area contributed by atoms with Crippen LogP contribution in [0.15, 0.2) is 36.4 Å². The topological polar surface area (TPSA) is 67.9 Å². The highest BCUT2D eigenvalue weighted by atomic mass is 35.5. The van der Waals surface area contributed by atoms with Crippen LogP contribution in [0, 0.1) is 0 Å². The minimum Gasteiger partial charge on any atom is -0.489 e. The monoisotopic (exact) mass is 414 g/mol. The number of fused-ring (bicyclic) bond motifs is 1. The molecule has 2 aromatic carbocycles. The molecule has 0 bridgehead atoms. The minimum atomic E-state index is -0.360. The summed E-state index contributed by atoms with van der Waals surface area (Å²) in [6.07, 6.45) is 3.91. The first kappa shape index (κ1) is 19.6. The van der Waals surface area contributed by atoms with Gasteiger partial charge in [0.2, 0.25) is 0 Å². The van der Waals surface area contributed by atoms with Crippen molar-refractivity contribution in [3.63, 3.8) is 0 Å². The van der Waals surface area contributed by atoms with E-state index in [9.17, 15) is 9.59 Å². The predicted octanol–water partition coefficient (Wildman–Crippen LogP) is 4.38. The number of carbonyl (C=O) groups excluding carboxylic acids is 2. The molecule has 0 atom stereocenters. The van der Waals surface area contributed by atoms with Gasteiger partial charge in [0.15, 0.2) is 11.5 Å². The second-order valence-electron chi connectivity index (χ2n) is 7.19. The van der Waals surface area contributed by atoms with Gasteiger partial charge in [-0.2, -0.15) is 0 Å². The fourth-order valence-corrected chi connectivity index (χ4v) is 3.87. The number of anilines is 1. The van der Waals surface area contributed by atoms with Crippen molar-refractivity contribution in [2.45, 2.75) is 25.7 Å². The molecule has 1 N–H and O–H groups in total. The molecule has 2 aromatic rings. The van der Waals surface area contributed by atoms with Crippen LogP contribution in [0.25, 0.3) is 0 Å². The van der Waals surface area contributed by atoms with Gasteiger partial charge in [-0.15, -0.1) is 0 Å². The van der Waals surface area contributed by atoms with Crippen LogP contribution >= 0.6 is 11.6 Å². The molecule has 0 spiro atoms. The highest BCUT2D eigenvalue weighted by molar-refractivity contribution is 6.32. The van der Waals surface area contributed by atoms with Crippen molar-refractivity contribution < 1.29 is 19.1 Å². The Hall–Kier alpha value is -2.73. The lowest BCUT2D eigenvalue weighted by molar-refractivity contribution is 0.0725. The van der Waals surface area contributed by atoms with Crippen LogP contribution in [0.5, 0.6) is 11.5 Å². The molecule has 2 aliphatic rings. The van der Waals surface area contributed by atoms with Gasteiger partial charge in [0.05, 0.1) is 29.5 Å². The first-order valence-corrected chi connectivity index (χ1v) is 10.3. The maximum absolute atomic E-state index is 12.9. The number of ether oxygens (including phenoxy) is 2. The zero-order chi connectivity index (χ0) is 20.2. The van der Waals surface area contributed by atoms with Crippen molar-refractivity contribution in [1.29, 1.82) is 0 Å².